The molecule has 5 rings (SSSR count). The smallest absolute Gasteiger partial charge is 0.305 e. The Hall–Kier alpha value is -1.76. The standard InChI is InChI=1S/C34H49NO4S/c1-6-31(38)39-30(34(16-17-34)32-35-22(3)20-40-32)14-9-21(2)27-12-13-28-24(8-7-15-33(27,28)5)10-11-25-18-26(36)19-29(37)23(25)4/h10-11,20-21,26-30,36-37H,4,6-9,12-19H2,1-3,5H3/b24-10+,25-11-/t21-,26-,27-,28+,29+,30+,33-/m1/s1. The maximum Gasteiger partial charge on any atom is 0.305 e. The van der Waals surface area contributed by atoms with Gasteiger partial charge in [0.2, 0.25) is 0 Å². The molecule has 0 bridgehead atoms. The molecule has 6 heteroatoms. The molecule has 4 fully saturated rings. The molecule has 1 aromatic rings. The summed E-state index contributed by atoms with van der Waals surface area (Å²) in [5.74, 6) is 1.70. The van der Waals surface area contributed by atoms with Gasteiger partial charge in [0.05, 0.1) is 17.6 Å². The number of rotatable bonds is 9. The van der Waals surface area contributed by atoms with Crippen LogP contribution in [0.5, 0.6) is 0 Å². The summed E-state index contributed by atoms with van der Waals surface area (Å²) in [5.41, 5.74) is 4.55. The number of aryl methyl sites for hydroxylation is 1. The van der Waals surface area contributed by atoms with Gasteiger partial charge in [-0.3, -0.25) is 4.79 Å². The molecule has 7 atom stereocenters. The number of nitrogens with zero attached hydrogens (tertiary/aromatic N) is 1. The number of allylic oxidation sites excluding steroid dienone is 3. The van der Waals surface area contributed by atoms with Crippen LogP contribution in [0.2, 0.25) is 0 Å². The van der Waals surface area contributed by atoms with Gasteiger partial charge in [0, 0.05) is 23.9 Å². The van der Waals surface area contributed by atoms with Crippen molar-refractivity contribution in [1.29, 1.82) is 0 Å². The maximum atomic E-state index is 12.5. The highest BCUT2D eigenvalue weighted by atomic mass is 32.1. The third kappa shape index (κ3) is 5.78. The van der Waals surface area contributed by atoms with Crippen LogP contribution in [0.3, 0.4) is 0 Å². The van der Waals surface area contributed by atoms with Crippen molar-refractivity contribution in [2.24, 2.45) is 23.2 Å². The van der Waals surface area contributed by atoms with Gasteiger partial charge in [0.1, 0.15) is 11.1 Å². The number of thiazole rings is 1. The van der Waals surface area contributed by atoms with E-state index in [-0.39, 0.29) is 22.9 Å². The predicted octanol–water partition coefficient (Wildman–Crippen LogP) is 7.36. The van der Waals surface area contributed by atoms with E-state index in [4.69, 9.17) is 9.72 Å². The summed E-state index contributed by atoms with van der Waals surface area (Å²) in [6.07, 6.45) is 14.8. The Kier molecular flexibility index (Phi) is 8.81. The molecular weight excluding hydrogens is 518 g/mol. The van der Waals surface area contributed by atoms with Crippen LogP contribution in [0.1, 0.15) is 109 Å². The Morgan fingerprint density at radius 1 is 1.25 bits per heavy atom. The fourth-order valence-corrected chi connectivity index (χ4v) is 9.48. The highest BCUT2D eigenvalue weighted by Gasteiger charge is 2.55. The zero-order valence-electron chi connectivity index (χ0n) is 25.0. The quantitative estimate of drug-likeness (QED) is 0.305. The minimum Gasteiger partial charge on any atom is -0.461 e. The van der Waals surface area contributed by atoms with Crippen molar-refractivity contribution >= 4 is 17.3 Å². The van der Waals surface area contributed by atoms with Crippen molar-refractivity contribution in [2.75, 3.05) is 0 Å². The van der Waals surface area contributed by atoms with Crippen molar-refractivity contribution < 1.29 is 19.7 Å². The lowest BCUT2D eigenvalue weighted by Crippen LogP contribution is -2.37. The van der Waals surface area contributed by atoms with E-state index < -0.39 is 12.2 Å². The number of aromatic nitrogens is 1. The Morgan fingerprint density at radius 3 is 2.70 bits per heavy atom. The number of esters is 1. The van der Waals surface area contributed by atoms with Crippen LogP contribution in [-0.4, -0.2) is 39.5 Å². The molecular formula is C34H49NO4S. The maximum absolute atomic E-state index is 12.5. The van der Waals surface area contributed by atoms with E-state index in [9.17, 15) is 15.0 Å². The van der Waals surface area contributed by atoms with Gasteiger partial charge in [-0.05, 0) is 105 Å². The van der Waals surface area contributed by atoms with Crippen molar-refractivity contribution in [2.45, 2.75) is 128 Å². The first-order chi connectivity index (χ1) is 19.1. The number of carbonyl (C=O) groups is 1. The summed E-state index contributed by atoms with van der Waals surface area (Å²) in [6, 6.07) is 0. The molecule has 0 amide bonds. The van der Waals surface area contributed by atoms with Gasteiger partial charge in [-0.2, -0.15) is 0 Å². The summed E-state index contributed by atoms with van der Waals surface area (Å²) in [7, 11) is 0. The van der Waals surface area contributed by atoms with Gasteiger partial charge in [-0.1, -0.05) is 45.1 Å². The van der Waals surface area contributed by atoms with E-state index in [2.05, 4.69) is 38.0 Å². The van der Waals surface area contributed by atoms with Crippen molar-refractivity contribution in [3.63, 3.8) is 0 Å². The van der Waals surface area contributed by atoms with Gasteiger partial charge in [-0.25, -0.2) is 4.98 Å². The molecule has 2 N–H and O–H groups in total. The number of carbonyl (C=O) groups excluding carboxylic acids is 1. The monoisotopic (exact) mass is 567 g/mol. The van der Waals surface area contributed by atoms with Gasteiger partial charge in [0.15, 0.2) is 0 Å². The average Bonchev–Trinajstić information content (AvgIpc) is 3.48. The van der Waals surface area contributed by atoms with Crippen molar-refractivity contribution in [3.05, 3.63) is 51.5 Å². The highest BCUT2D eigenvalue weighted by Crippen LogP contribution is 2.60. The van der Waals surface area contributed by atoms with E-state index >= 15 is 0 Å². The van der Waals surface area contributed by atoms with Crippen LogP contribution in [0.25, 0.3) is 0 Å². The zero-order valence-corrected chi connectivity index (χ0v) is 25.8. The average molecular weight is 568 g/mol. The van der Waals surface area contributed by atoms with Crippen LogP contribution in [0.15, 0.2) is 40.8 Å². The second-order valence-corrected chi connectivity index (χ2v) is 14.4. The first kappa shape index (κ1) is 29.7. The fraction of sp³-hybridized carbons (Fsp3) is 0.706. The Bertz CT molecular complexity index is 1160. The first-order valence-corrected chi connectivity index (χ1v) is 16.5. The van der Waals surface area contributed by atoms with Gasteiger partial charge >= 0.3 is 5.97 Å². The lowest BCUT2D eigenvalue weighted by Gasteiger charge is -2.44. The SMILES string of the molecule is C=C1/C(=C\C=C2/CCC[C@]3(C)[C@@H]([C@H](C)CC[C@H](OC(=O)CC)C4(c5nc(C)cs5)CC4)CC[C@@H]23)C[C@@H](O)C[C@@H]1O. The van der Waals surface area contributed by atoms with Gasteiger partial charge in [-0.15, -0.1) is 11.3 Å². The highest BCUT2D eigenvalue weighted by molar-refractivity contribution is 7.09. The number of hydrogen-bond acceptors (Lipinski definition) is 6. The van der Waals surface area contributed by atoms with Gasteiger partial charge in [0.25, 0.3) is 0 Å². The van der Waals surface area contributed by atoms with Gasteiger partial charge < -0.3 is 14.9 Å². The summed E-state index contributed by atoms with van der Waals surface area (Å²) in [6.45, 7) is 13.0. The number of aliphatic hydroxyl groups is 2. The van der Waals surface area contributed by atoms with E-state index in [1.165, 1.54) is 31.3 Å². The van der Waals surface area contributed by atoms with E-state index in [0.717, 1.165) is 54.0 Å². The molecule has 4 aliphatic carbocycles. The van der Waals surface area contributed by atoms with Crippen LogP contribution in [-0.2, 0) is 14.9 Å². The lowest BCUT2D eigenvalue weighted by molar-refractivity contribution is -0.151. The first-order valence-electron chi connectivity index (χ1n) is 15.6. The largest absolute Gasteiger partial charge is 0.461 e. The van der Waals surface area contributed by atoms with E-state index in [1.54, 1.807) is 11.3 Å². The second-order valence-electron chi connectivity index (χ2n) is 13.5. The summed E-state index contributed by atoms with van der Waals surface area (Å²) >= 11 is 1.72. The molecule has 220 valence electrons. The molecule has 0 aliphatic heterocycles. The molecule has 0 radical (unpaired) electrons. The van der Waals surface area contributed by atoms with E-state index in [0.29, 0.717) is 37.0 Å². The number of ether oxygens (including phenoxy) is 1. The molecule has 4 aliphatic rings. The topological polar surface area (TPSA) is 79.7 Å². The Labute approximate surface area is 244 Å². The van der Waals surface area contributed by atoms with E-state index in [1.807, 2.05) is 13.8 Å². The van der Waals surface area contributed by atoms with Crippen LogP contribution < -0.4 is 0 Å². The molecule has 0 spiro atoms. The molecule has 4 saturated carbocycles. The molecule has 1 aromatic heterocycles. The fourth-order valence-electron chi connectivity index (χ4n) is 8.38. The second kappa shape index (κ2) is 11.9. The predicted molar refractivity (Wildman–Crippen MR) is 161 cm³/mol. The van der Waals surface area contributed by atoms with Crippen molar-refractivity contribution in [1.82, 2.24) is 4.98 Å². The molecule has 0 aromatic carbocycles. The minimum absolute atomic E-state index is 0.0792. The Morgan fingerprint density at radius 2 is 2.02 bits per heavy atom. The molecule has 0 unspecified atom stereocenters. The molecule has 0 saturated heterocycles. The third-order valence-electron chi connectivity index (χ3n) is 10.9. The van der Waals surface area contributed by atoms with Crippen LogP contribution in [0.4, 0.5) is 0 Å². The normalized spacial score (nSPS) is 35.0. The minimum atomic E-state index is -0.642. The zero-order chi connectivity index (χ0) is 28.7. The summed E-state index contributed by atoms with van der Waals surface area (Å²) in [4.78, 5) is 17.3. The summed E-state index contributed by atoms with van der Waals surface area (Å²) in [5, 5.41) is 23.7. The molecule has 5 nitrogen and oxygen atoms in total. The Balaban J connectivity index is 1.28. The number of fused-ring (bicyclic) bond motifs is 1. The third-order valence-corrected chi connectivity index (χ3v) is 12.1. The van der Waals surface area contributed by atoms with Crippen LogP contribution >= 0.6 is 11.3 Å². The van der Waals surface area contributed by atoms with Crippen LogP contribution in [0, 0.1) is 30.1 Å². The lowest BCUT2D eigenvalue weighted by atomic mass is 9.60. The number of hydrogen-bond donors (Lipinski definition) is 2. The summed E-state index contributed by atoms with van der Waals surface area (Å²) < 4.78 is 6.14. The molecule has 1 heterocycles. The molecule has 40 heavy (non-hydrogen) atoms. The van der Waals surface area contributed by atoms with Crippen molar-refractivity contribution in [3.8, 4) is 0 Å². The number of aliphatic hydroxyl groups excluding tert-OH is 2.